The van der Waals surface area contributed by atoms with Gasteiger partial charge in [-0.3, -0.25) is 4.90 Å². The smallest absolute Gasteiger partial charge is 0.127 e. The molecule has 1 unspecified atom stereocenters. The van der Waals surface area contributed by atoms with Gasteiger partial charge in [0.2, 0.25) is 0 Å². The van der Waals surface area contributed by atoms with Crippen molar-refractivity contribution in [3.05, 3.63) is 23.8 Å². The lowest BCUT2D eigenvalue weighted by molar-refractivity contribution is 0.139. The van der Waals surface area contributed by atoms with E-state index in [2.05, 4.69) is 18.0 Å². The highest BCUT2D eigenvalue weighted by molar-refractivity contribution is 5.42. The average Bonchev–Trinajstić information content (AvgIpc) is 2.56. The van der Waals surface area contributed by atoms with Crippen LogP contribution in [0.25, 0.3) is 0 Å². The lowest BCUT2D eigenvalue weighted by Crippen LogP contribution is -2.39. The predicted octanol–water partition coefficient (Wildman–Crippen LogP) is 2.97. The lowest BCUT2D eigenvalue weighted by Gasteiger charge is -2.37. The average molecular weight is 292 g/mol. The molecule has 1 fully saturated rings. The van der Waals surface area contributed by atoms with E-state index in [1.807, 2.05) is 12.1 Å². The second kappa shape index (κ2) is 7.66. The first kappa shape index (κ1) is 16.1. The van der Waals surface area contributed by atoms with Crippen molar-refractivity contribution < 1.29 is 9.47 Å². The van der Waals surface area contributed by atoms with Crippen LogP contribution in [-0.2, 0) is 0 Å². The molecule has 118 valence electrons. The fourth-order valence-electron chi connectivity index (χ4n) is 3.35. The van der Waals surface area contributed by atoms with Crippen LogP contribution in [-0.4, -0.2) is 38.8 Å². The Bertz CT molecular complexity index is 444. The van der Waals surface area contributed by atoms with E-state index in [1.165, 1.54) is 32.1 Å². The molecule has 21 heavy (non-hydrogen) atoms. The Morgan fingerprint density at radius 2 is 1.90 bits per heavy atom. The number of nitrogens with zero attached hydrogens (tertiary/aromatic N) is 1. The third-order valence-electron chi connectivity index (χ3n) is 4.67. The van der Waals surface area contributed by atoms with Crippen molar-refractivity contribution in [1.29, 1.82) is 0 Å². The molecule has 0 heterocycles. The van der Waals surface area contributed by atoms with Crippen LogP contribution in [0.3, 0.4) is 0 Å². The van der Waals surface area contributed by atoms with E-state index >= 15 is 0 Å². The molecule has 1 atom stereocenters. The summed E-state index contributed by atoms with van der Waals surface area (Å²) in [6, 6.07) is 6.81. The van der Waals surface area contributed by atoms with Crippen LogP contribution in [0.15, 0.2) is 18.2 Å². The maximum Gasteiger partial charge on any atom is 0.127 e. The number of ether oxygens (including phenoxy) is 2. The van der Waals surface area contributed by atoms with Crippen LogP contribution in [0.5, 0.6) is 11.5 Å². The zero-order valence-electron chi connectivity index (χ0n) is 13.5. The topological polar surface area (TPSA) is 47.7 Å². The summed E-state index contributed by atoms with van der Waals surface area (Å²) in [4.78, 5) is 2.43. The van der Waals surface area contributed by atoms with Crippen LogP contribution >= 0.6 is 0 Å². The summed E-state index contributed by atoms with van der Waals surface area (Å²) in [7, 11) is 5.56. The first-order valence-corrected chi connectivity index (χ1v) is 7.85. The molecule has 1 aliphatic rings. The summed E-state index contributed by atoms with van der Waals surface area (Å²) in [5.74, 6) is 1.67. The molecule has 1 aromatic rings. The van der Waals surface area contributed by atoms with Crippen LogP contribution in [0, 0.1) is 0 Å². The molecular weight excluding hydrogens is 264 g/mol. The van der Waals surface area contributed by atoms with Crippen molar-refractivity contribution in [2.45, 2.75) is 44.2 Å². The van der Waals surface area contributed by atoms with Crippen LogP contribution < -0.4 is 15.2 Å². The molecule has 1 aromatic carbocycles. The van der Waals surface area contributed by atoms with E-state index in [1.54, 1.807) is 14.2 Å². The fraction of sp³-hybridized carbons (Fsp3) is 0.647. The molecule has 0 saturated heterocycles. The fourth-order valence-corrected chi connectivity index (χ4v) is 3.35. The quantitative estimate of drug-likeness (QED) is 0.875. The normalized spacial score (nSPS) is 17.8. The number of hydrogen-bond acceptors (Lipinski definition) is 4. The number of hydrogen-bond donors (Lipinski definition) is 1. The van der Waals surface area contributed by atoms with E-state index < -0.39 is 0 Å². The molecule has 2 rings (SSSR count). The summed E-state index contributed by atoms with van der Waals surface area (Å²) < 4.78 is 10.8. The third kappa shape index (κ3) is 3.69. The molecular formula is C17H28N2O2. The zero-order valence-corrected chi connectivity index (χ0v) is 13.5. The first-order chi connectivity index (χ1) is 10.2. The van der Waals surface area contributed by atoms with E-state index in [0.29, 0.717) is 12.6 Å². The van der Waals surface area contributed by atoms with Gasteiger partial charge >= 0.3 is 0 Å². The van der Waals surface area contributed by atoms with Gasteiger partial charge in [-0.2, -0.15) is 0 Å². The molecule has 0 spiro atoms. The molecule has 0 amide bonds. The summed E-state index contributed by atoms with van der Waals surface area (Å²) in [6.07, 6.45) is 6.55. The minimum Gasteiger partial charge on any atom is -0.497 e. The first-order valence-electron chi connectivity index (χ1n) is 7.85. The molecule has 0 aliphatic heterocycles. The van der Waals surface area contributed by atoms with Crippen molar-refractivity contribution in [3.8, 4) is 11.5 Å². The van der Waals surface area contributed by atoms with Crippen LogP contribution in [0.1, 0.15) is 43.7 Å². The Morgan fingerprint density at radius 1 is 1.19 bits per heavy atom. The van der Waals surface area contributed by atoms with Crippen molar-refractivity contribution in [2.75, 3.05) is 27.8 Å². The SMILES string of the molecule is COc1ccc(C(CN)N(C)C2CCCCC2)c(OC)c1. The molecule has 1 aliphatic carbocycles. The highest BCUT2D eigenvalue weighted by atomic mass is 16.5. The van der Waals surface area contributed by atoms with Gasteiger partial charge in [-0.1, -0.05) is 25.3 Å². The number of methoxy groups -OCH3 is 2. The van der Waals surface area contributed by atoms with Crippen molar-refractivity contribution in [3.63, 3.8) is 0 Å². The summed E-state index contributed by atoms with van der Waals surface area (Å²) >= 11 is 0. The molecule has 0 bridgehead atoms. The molecule has 4 nitrogen and oxygen atoms in total. The predicted molar refractivity (Wildman–Crippen MR) is 86.0 cm³/mol. The monoisotopic (exact) mass is 292 g/mol. The van der Waals surface area contributed by atoms with Gasteiger partial charge in [-0.15, -0.1) is 0 Å². The lowest BCUT2D eigenvalue weighted by atomic mass is 9.92. The third-order valence-corrected chi connectivity index (χ3v) is 4.67. The number of likely N-dealkylation sites (N-methyl/N-ethyl adjacent to an activating group) is 1. The number of nitrogens with two attached hydrogens (primary N) is 1. The Kier molecular flexibility index (Phi) is 5.88. The maximum atomic E-state index is 6.08. The van der Waals surface area contributed by atoms with E-state index in [4.69, 9.17) is 15.2 Å². The molecule has 0 aromatic heterocycles. The van der Waals surface area contributed by atoms with Gasteiger partial charge in [-0.05, 0) is 26.0 Å². The van der Waals surface area contributed by atoms with E-state index in [0.717, 1.165) is 17.1 Å². The van der Waals surface area contributed by atoms with Crippen molar-refractivity contribution in [2.24, 2.45) is 5.73 Å². The zero-order chi connectivity index (χ0) is 15.2. The van der Waals surface area contributed by atoms with Gasteiger partial charge in [0.25, 0.3) is 0 Å². The number of rotatable bonds is 6. The minimum atomic E-state index is 0.189. The largest absolute Gasteiger partial charge is 0.497 e. The second-order valence-corrected chi connectivity index (χ2v) is 5.82. The van der Waals surface area contributed by atoms with Crippen LogP contribution in [0.2, 0.25) is 0 Å². The van der Waals surface area contributed by atoms with Gasteiger partial charge in [-0.25, -0.2) is 0 Å². The summed E-state index contributed by atoms with van der Waals surface area (Å²) in [5, 5.41) is 0. The summed E-state index contributed by atoms with van der Waals surface area (Å²) in [6.45, 7) is 0.593. The number of benzene rings is 1. The Labute approximate surface area is 128 Å². The van der Waals surface area contributed by atoms with Gasteiger partial charge in [0, 0.05) is 24.2 Å². The molecule has 0 radical (unpaired) electrons. The highest BCUT2D eigenvalue weighted by Crippen LogP contribution is 2.34. The van der Waals surface area contributed by atoms with Gasteiger partial charge < -0.3 is 15.2 Å². The summed E-state index contributed by atoms with van der Waals surface area (Å²) in [5.41, 5.74) is 7.23. The van der Waals surface area contributed by atoms with Crippen molar-refractivity contribution in [1.82, 2.24) is 4.90 Å². The standard InChI is InChI=1S/C17H28N2O2/c1-19(13-7-5-4-6-8-13)16(12-18)15-10-9-14(20-2)11-17(15)21-3/h9-11,13,16H,4-8,12,18H2,1-3H3. The highest BCUT2D eigenvalue weighted by Gasteiger charge is 2.26. The molecule has 2 N–H and O–H groups in total. The Morgan fingerprint density at radius 3 is 2.48 bits per heavy atom. The van der Waals surface area contributed by atoms with Gasteiger partial charge in [0.1, 0.15) is 11.5 Å². The van der Waals surface area contributed by atoms with Gasteiger partial charge in [0.15, 0.2) is 0 Å². The van der Waals surface area contributed by atoms with Gasteiger partial charge in [0.05, 0.1) is 20.3 Å². The molecule has 1 saturated carbocycles. The van der Waals surface area contributed by atoms with Crippen molar-refractivity contribution >= 4 is 0 Å². The molecule has 4 heteroatoms. The second-order valence-electron chi connectivity index (χ2n) is 5.82. The Hall–Kier alpha value is -1.26. The minimum absolute atomic E-state index is 0.189. The van der Waals surface area contributed by atoms with E-state index in [-0.39, 0.29) is 6.04 Å². The Balaban J connectivity index is 2.23. The van der Waals surface area contributed by atoms with E-state index in [9.17, 15) is 0 Å². The van der Waals surface area contributed by atoms with Crippen LogP contribution in [0.4, 0.5) is 0 Å². The maximum absolute atomic E-state index is 6.08.